The average Bonchev–Trinajstić information content (AvgIpc) is 3.86. The van der Waals surface area contributed by atoms with Crippen LogP contribution in [0.25, 0.3) is 11.3 Å². The molecule has 0 saturated heterocycles. The number of anilines is 4. The third kappa shape index (κ3) is 4.72. The lowest BCUT2D eigenvalue weighted by Crippen LogP contribution is -2.20. The molecule has 12 nitrogen and oxygen atoms in total. The fourth-order valence-corrected chi connectivity index (χ4v) is 8.91. The highest BCUT2D eigenvalue weighted by Gasteiger charge is 2.53. The first kappa shape index (κ1) is 25.0. The largest absolute Gasteiger partial charge is 0.494 e. The molecule has 200 valence electrons. The molecule has 4 N–H and O–H groups in total. The Morgan fingerprint density at radius 1 is 1.03 bits per heavy atom. The lowest BCUT2D eigenvalue weighted by atomic mass is 10.1. The molecule has 0 spiro atoms. The Bertz CT molecular complexity index is 1580. The number of hydrogen-bond acceptors (Lipinski definition) is 10. The number of benzene rings is 1. The van der Waals surface area contributed by atoms with Gasteiger partial charge >= 0.3 is 0 Å². The van der Waals surface area contributed by atoms with Crippen LogP contribution in [0, 0.1) is 0 Å². The zero-order chi connectivity index (χ0) is 27.1. The van der Waals surface area contributed by atoms with Crippen LogP contribution in [0.4, 0.5) is 23.1 Å². The molecule has 13 heteroatoms. The third-order valence-electron chi connectivity index (χ3n) is 6.99. The van der Waals surface area contributed by atoms with Crippen molar-refractivity contribution in [2.24, 2.45) is 12.8 Å². The summed E-state index contributed by atoms with van der Waals surface area (Å²) in [5.41, 5.74) is 9.20. The van der Waals surface area contributed by atoms with Gasteiger partial charge in [0.05, 0.1) is 29.6 Å². The predicted molar refractivity (Wildman–Crippen MR) is 148 cm³/mol. The van der Waals surface area contributed by atoms with E-state index in [0.29, 0.717) is 34.6 Å². The van der Waals surface area contributed by atoms with Crippen LogP contribution in [0.15, 0.2) is 48.8 Å². The molecule has 3 heterocycles. The van der Waals surface area contributed by atoms with Gasteiger partial charge in [-0.15, -0.1) is 10.2 Å². The maximum absolute atomic E-state index is 14.2. The van der Waals surface area contributed by atoms with E-state index in [4.69, 9.17) is 15.6 Å². The summed E-state index contributed by atoms with van der Waals surface area (Å²) in [5, 5.41) is 18.9. The van der Waals surface area contributed by atoms with Gasteiger partial charge in [-0.25, -0.2) is 9.97 Å². The first-order valence-corrected chi connectivity index (χ1v) is 14.5. The van der Waals surface area contributed by atoms with Gasteiger partial charge in [-0.3, -0.25) is 9.48 Å². The molecule has 2 saturated carbocycles. The number of carbonyl (C=O) groups is 1. The van der Waals surface area contributed by atoms with Gasteiger partial charge in [-0.1, -0.05) is 6.07 Å². The molecule has 0 radical (unpaired) electrons. The third-order valence-corrected chi connectivity index (χ3v) is 11.3. The molecular formula is C26H28N9O3P. The number of methoxy groups -OCH3 is 1. The number of nitrogens with zero attached hydrogens (tertiary/aromatic N) is 6. The molecule has 0 bridgehead atoms. The van der Waals surface area contributed by atoms with Crippen LogP contribution in [0.3, 0.4) is 0 Å². The second-order valence-corrected chi connectivity index (χ2v) is 13.1. The zero-order valence-corrected chi connectivity index (χ0v) is 22.4. The maximum Gasteiger partial charge on any atom is 0.271 e. The number of aryl methyl sites for hydroxylation is 1. The number of nitrogens with two attached hydrogens (primary N) is 1. The van der Waals surface area contributed by atoms with E-state index < -0.39 is 13.0 Å². The number of hydrogen-bond donors (Lipinski definition) is 3. The fourth-order valence-electron chi connectivity index (χ4n) is 4.91. The lowest BCUT2D eigenvalue weighted by molar-refractivity contribution is 0.0995. The highest BCUT2D eigenvalue weighted by molar-refractivity contribution is 7.73. The van der Waals surface area contributed by atoms with E-state index in [1.54, 1.807) is 36.3 Å². The number of aromatic nitrogens is 6. The van der Waals surface area contributed by atoms with Crippen LogP contribution in [-0.4, -0.2) is 54.3 Å². The Labute approximate surface area is 224 Å². The first-order valence-electron chi connectivity index (χ1n) is 12.7. The van der Waals surface area contributed by atoms with Crippen LogP contribution >= 0.6 is 7.14 Å². The van der Waals surface area contributed by atoms with Gasteiger partial charge in [0.25, 0.3) is 5.91 Å². The van der Waals surface area contributed by atoms with E-state index in [0.717, 1.165) is 36.7 Å². The van der Waals surface area contributed by atoms with E-state index in [2.05, 4.69) is 30.8 Å². The number of amides is 1. The molecule has 0 aliphatic heterocycles. The molecule has 6 rings (SSSR count). The predicted octanol–water partition coefficient (Wildman–Crippen LogP) is 3.58. The quantitative estimate of drug-likeness (QED) is 0.251. The second kappa shape index (κ2) is 9.77. The number of primary amides is 1. The van der Waals surface area contributed by atoms with Gasteiger partial charge in [0.2, 0.25) is 5.95 Å². The van der Waals surface area contributed by atoms with E-state index in [1.165, 1.54) is 0 Å². The van der Waals surface area contributed by atoms with E-state index in [-0.39, 0.29) is 17.0 Å². The molecule has 0 unspecified atom stereocenters. The minimum atomic E-state index is -2.51. The highest BCUT2D eigenvalue weighted by atomic mass is 31.2. The van der Waals surface area contributed by atoms with E-state index >= 15 is 0 Å². The van der Waals surface area contributed by atoms with E-state index in [1.807, 2.05) is 31.3 Å². The maximum atomic E-state index is 14.2. The van der Waals surface area contributed by atoms with Gasteiger partial charge in [0, 0.05) is 42.4 Å². The molecule has 4 aromatic rings. The van der Waals surface area contributed by atoms with Gasteiger partial charge in [-0.2, -0.15) is 5.10 Å². The Balaban J connectivity index is 1.36. The molecule has 0 atom stereocenters. The second-order valence-electron chi connectivity index (χ2n) is 9.75. The molecule has 39 heavy (non-hydrogen) atoms. The minimum absolute atomic E-state index is 0.0445. The summed E-state index contributed by atoms with van der Waals surface area (Å²) in [6.45, 7) is 0. The molecule has 3 aromatic heterocycles. The Morgan fingerprint density at radius 3 is 2.38 bits per heavy atom. The zero-order valence-electron chi connectivity index (χ0n) is 21.5. The van der Waals surface area contributed by atoms with Crippen molar-refractivity contribution in [2.75, 3.05) is 17.7 Å². The SMILES string of the molecule is COc1c(Nc2cc(Nc3ncccn3)nnc2C(N)=O)cccc1-c1cc(P(=O)(C2CC2)C2CC2)n(C)n1. The summed E-state index contributed by atoms with van der Waals surface area (Å²) >= 11 is 0. The summed E-state index contributed by atoms with van der Waals surface area (Å²) in [4.78, 5) is 20.4. The van der Waals surface area contributed by atoms with Crippen molar-refractivity contribution in [3.05, 3.63) is 54.5 Å². The molecule has 2 fully saturated rings. The van der Waals surface area contributed by atoms with Crippen molar-refractivity contribution in [3.63, 3.8) is 0 Å². The smallest absolute Gasteiger partial charge is 0.271 e. The van der Waals surface area contributed by atoms with Crippen molar-refractivity contribution in [3.8, 4) is 17.0 Å². The molecule has 2 aliphatic carbocycles. The molecule has 1 amide bonds. The van der Waals surface area contributed by atoms with Crippen LogP contribution in [0.2, 0.25) is 0 Å². The van der Waals surface area contributed by atoms with Crippen molar-refractivity contribution in [1.29, 1.82) is 0 Å². The summed E-state index contributed by atoms with van der Waals surface area (Å²) < 4.78 is 21.7. The van der Waals surface area contributed by atoms with Gasteiger partial charge in [0.1, 0.15) is 7.14 Å². The summed E-state index contributed by atoms with van der Waals surface area (Å²) in [7, 11) is 0.908. The van der Waals surface area contributed by atoms with Crippen LogP contribution in [0.1, 0.15) is 36.2 Å². The number of carbonyl (C=O) groups excluding carboxylic acids is 1. The standard InChI is InChI=1S/C26H28N9O3P/c1-35-22(39(37,15-7-8-15)16-9-10-16)14-19(34-35)17-5-3-6-18(24(17)38-2)30-20-13-21(32-33-23(20)25(27)36)31-26-28-11-4-12-29-26/h3-6,11-16H,7-10H2,1-2H3,(H2,27,36)(H2,28,29,30,31,32). The first-order chi connectivity index (χ1) is 18.9. The van der Waals surface area contributed by atoms with E-state index in [9.17, 15) is 9.36 Å². The van der Waals surface area contributed by atoms with Gasteiger partial charge in [-0.05, 0) is 49.9 Å². The molecular weight excluding hydrogens is 517 g/mol. The number of rotatable bonds is 10. The van der Waals surface area contributed by atoms with Crippen LogP contribution in [-0.2, 0) is 11.6 Å². The van der Waals surface area contributed by atoms with Gasteiger partial charge in [0.15, 0.2) is 17.3 Å². The lowest BCUT2D eigenvalue weighted by Gasteiger charge is -2.17. The number of nitrogens with one attached hydrogen (secondary N) is 2. The van der Waals surface area contributed by atoms with Gasteiger partial charge < -0.3 is 25.7 Å². The summed E-state index contributed by atoms with van der Waals surface area (Å²) in [6, 6.07) is 10.8. The topological polar surface area (TPSA) is 163 Å². The Kier molecular flexibility index (Phi) is 6.26. The van der Waals surface area contributed by atoms with Crippen molar-refractivity contribution in [2.45, 2.75) is 37.0 Å². The van der Waals surface area contributed by atoms with Crippen LogP contribution in [0.5, 0.6) is 5.75 Å². The van der Waals surface area contributed by atoms with Crippen molar-refractivity contribution < 1.29 is 14.1 Å². The monoisotopic (exact) mass is 545 g/mol. The fraction of sp³-hybridized carbons (Fsp3) is 0.308. The summed E-state index contributed by atoms with van der Waals surface area (Å²) in [5.74, 6) is 0.398. The average molecular weight is 546 g/mol. The highest BCUT2D eigenvalue weighted by Crippen LogP contribution is 2.69. The Morgan fingerprint density at radius 2 is 1.74 bits per heavy atom. The van der Waals surface area contributed by atoms with Crippen LogP contribution < -0.4 is 26.5 Å². The number of para-hydroxylation sites is 1. The summed E-state index contributed by atoms with van der Waals surface area (Å²) in [6.07, 6.45) is 7.26. The number of ether oxygens (including phenoxy) is 1. The Hall–Kier alpha value is -4.31. The minimum Gasteiger partial charge on any atom is -0.494 e. The van der Waals surface area contributed by atoms with Crippen molar-refractivity contribution in [1.82, 2.24) is 29.9 Å². The molecule has 1 aromatic carbocycles. The normalized spacial score (nSPS) is 15.1. The molecule has 2 aliphatic rings. The van der Waals surface area contributed by atoms with Crippen molar-refractivity contribution >= 4 is 41.6 Å².